The zero-order chi connectivity index (χ0) is 14.3. The van der Waals surface area contributed by atoms with Crippen LogP contribution >= 0.6 is 0 Å². The van der Waals surface area contributed by atoms with E-state index < -0.39 is 0 Å². The summed E-state index contributed by atoms with van der Waals surface area (Å²) in [5.74, 6) is 0.713. The van der Waals surface area contributed by atoms with Gasteiger partial charge in [0.1, 0.15) is 6.61 Å². The van der Waals surface area contributed by atoms with E-state index >= 15 is 0 Å². The van der Waals surface area contributed by atoms with Crippen molar-refractivity contribution in [3.8, 4) is 0 Å². The van der Waals surface area contributed by atoms with Crippen LogP contribution in [0.25, 0.3) is 0 Å². The van der Waals surface area contributed by atoms with Crippen LogP contribution in [-0.4, -0.2) is 30.2 Å². The number of nitrogens with zero attached hydrogens (tertiary/aromatic N) is 1. The van der Waals surface area contributed by atoms with Crippen molar-refractivity contribution >= 4 is 6.09 Å². The molecule has 1 saturated heterocycles. The van der Waals surface area contributed by atoms with E-state index in [1.54, 1.807) is 0 Å². The van der Waals surface area contributed by atoms with Crippen LogP contribution in [0.4, 0.5) is 4.79 Å². The van der Waals surface area contributed by atoms with Gasteiger partial charge in [0, 0.05) is 12.6 Å². The highest BCUT2D eigenvalue weighted by atomic mass is 16.6. The Balaban J connectivity index is 2.48. The third-order valence-electron chi connectivity index (χ3n) is 3.68. The number of rotatable bonds is 4. The Labute approximate surface area is 117 Å². The Morgan fingerprint density at radius 3 is 2.84 bits per heavy atom. The Hall–Kier alpha value is -1.25. The lowest BCUT2D eigenvalue weighted by Crippen LogP contribution is -2.45. The molecule has 2 unspecified atom stereocenters. The van der Waals surface area contributed by atoms with Crippen LogP contribution < -0.4 is 0 Å². The van der Waals surface area contributed by atoms with Crippen molar-refractivity contribution in [3.63, 3.8) is 0 Å². The van der Waals surface area contributed by atoms with Crippen LogP contribution in [0.5, 0.6) is 0 Å². The van der Waals surface area contributed by atoms with Crippen LogP contribution in [0, 0.1) is 5.92 Å². The van der Waals surface area contributed by atoms with Gasteiger partial charge in [-0.25, -0.2) is 4.79 Å². The zero-order valence-corrected chi connectivity index (χ0v) is 12.7. The summed E-state index contributed by atoms with van der Waals surface area (Å²) in [7, 11) is 0. The van der Waals surface area contributed by atoms with E-state index in [0.29, 0.717) is 18.6 Å². The van der Waals surface area contributed by atoms with Crippen molar-refractivity contribution in [3.05, 3.63) is 23.8 Å². The van der Waals surface area contributed by atoms with Gasteiger partial charge in [-0.05, 0) is 44.6 Å². The molecule has 1 heterocycles. The molecule has 1 fully saturated rings. The van der Waals surface area contributed by atoms with Gasteiger partial charge in [0.05, 0.1) is 0 Å². The molecular weight excluding hydrogens is 238 g/mol. The predicted octanol–water partition coefficient (Wildman–Crippen LogP) is 4.16. The predicted molar refractivity (Wildman–Crippen MR) is 79.1 cm³/mol. The molecular formula is C16H27NO2. The number of allylic oxidation sites excluding steroid dienone is 3. The van der Waals surface area contributed by atoms with Gasteiger partial charge in [-0.2, -0.15) is 0 Å². The van der Waals surface area contributed by atoms with Crippen LogP contribution in [-0.2, 0) is 4.74 Å². The molecule has 1 amide bonds. The largest absolute Gasteiger partial charge is 0.445 e. The van der Waals surface area contributed by atoms with Crippen molar-refractivity contribution in [1.29, 1.82) is 0 Å². The molecule has 0 aliphatic carbocycles. The summed E-state index contributed by atoms with van der Waals surface area (Å²) in [6, 6.07) is 0.344. The zero-order valence-electron chi connectivity index (χ0n) is 12.7. The highest BCUT2D eigenvalue weighted by Crippen LogP contribution is 2.25. The lowest BCUT2D eigenvalue weighted by molar-refractivity contribution is 0.0677. The summed E-state index contributed by atoms with van der Waals surface area (Å²) in [6.07, 6.45) is 8.92. The molecule has 0 N–H and O–H groups in total. The first-order valence-electron chi connectivity index (χ1n) is 7.30. The van der Waals surface area contributed by atoms with Gasteiger partial charge in [0.15, 0.2) is 0 Å². The molecule has 0 spiro atoms. The van der Waals surface area contributed by atoms with Gasteiger partial charge >= 0.3 is 6.09 Å². The van der Waals surface area contributed by atoms with Crippen LogP contribution in [0.3, 0.4) is 0 Å². The second-order valence-corrected chi connectivity index (χ2v) is 5.48. The summed E-state index contributed by atoms with van der Waals surface area (Å²) in [5, 5.41) is 0. The number of hydrogen-bond acceptors (Lipinski definition) is 2. The third kappa shape index (κ3) is 5.09. The summed E-state index contributed by atoms with van der Waals surface area (Å²) in [5.41, 5.74) is 1.06. The molecule has 0 aromatic rings. The van der Waals surface area contributed by atoms with Gasteiger partial charge in [-0.3, -0.25) is 0 Å². The third-order valence-corrected chi connectivity index (χ3v) is 3.68. The minimum atomic E-state index is -0.160. The fraction of sp³-hybridized carbons (Fsp3) is 0.688. The number of hydrogen-bond donors (Lipinski definition) is 0. The molecule has 3 heteroatoms. The van der Waals surface area contributed by atoms with Crippen LogP contribution in [0.2, 0.25) is 0 Å². The van der Waals surface area contributed by atoms with Gasteiger partial charge in [-0.15, -0.1) is 0 Å². The molecule has 19 heavy (non-hydrogen) atoms. The average Bonchev–Trinajstić information content (AvgIpc) is 2.42. The highest BCUT2D eigenvalue weighted by molar-refractivity contribution is 5.68. The second kappa shape index (κ2) is 8.03. The fourth-order valence-corrected chi connectivity index (χ4v) is 2.45. The van der Waals surface area contributed by atoms with E-state index in [1.165, 1.54) is 0 Å². The SMILES string of the molecule is C/C=C\C=C(/C)COC(=O)N1CCC(C)CC1CC. The van der Waals surface area contributed by atoms with Gasteiger partial charge in [0.2, 0.25) is 0 Å². The van der Waals surface area contributed by atoms with Gasteiger partial charge < -0.3 is 9.64 Å². The molecule has 0 saturated carbocycles. The summed E-state index contributed by atoms with van der Waals surface area (Å²) < 4.78 is 5.39. The molecule has 3 nitrogen and oxygen atoms in total. The Bertz CT molecular complexity index is 347. The lowest BCUT2D eigenvalue weighted by Gasteiger charge is -2.37. The maximum absolute atomic E-state index is 12.1. The van der Waals surface area contributed by atoms with E-state index in [-0.39, 0.29) is 6.09 Å². The smallest absolute Gasteiger partial charge is 0.410 e. The molecule has 0 aromatic heterocycles. The molecule has 0 aromatic carbocycles. The Morgan fingerprint density at radius 1 is 1.47 bits per heavy atom. The van der Waals surface area contributed by atoms with E-state index in [9.17, 15) is 4.79 Å². The second-order valence-electron chi connectivity index (χ2n) is 5.48. The molecule has 1 aliphatic heterocycles. The van der Waals surface area contributed by atoms with E-state index in [0.717, 1.165) is 31.4 Å². The monoisotopic (exact) mass is 265 g/mol. The number of ether oxygens (including phenoxy) is 1. The van der Waals surface area contributed by atoms with Crippen molar-refractivity contribution in [2.75, 3.05) is 13.2 Å². The fourth-order valence-electron chi connectivity index (χ4n) is 2.45. The number of carbonyl (C=O) groups excluding carboxylic acids is 1. The van der Waals surface area contributed by atoms with Gasteiger partial charge in [0.25, 0.3) is 0 Å². The van der Waals surface area contributed by atoms with Crippen molar-refractivity contribution in [2.45, 2.75) is 53.0 Å². The van der Waals surface area contributed by atoms with Crippen molar-refractivity contribution in [2.24, 2.45) is 5.92 Å². The van der Waals surface area contributed by atoms with Gasteiger partial charge in [-0.1, -0.05) is 32.1 Å². The first-order valence-corrected chi connectivity index (χ1v) is 7.30. The van der Waals surface area contributed by atoms with E-state index in [4.69, 9.17) is 4.74 Å². The first-order chi connectivity index (χ1) is 9.08. The van der Waals surface area contributed by atoms with Crippen LogP contribution in [0.1, 0.15) is 47.0 Å². The Morgan fingerprint density at radius 2 is 2.21 bits per heavy atom. The molecule has 0 radical (unpaired) electrons. The topological polar surface area (TPSA) is 29.5 Å². The summed E-state index contributed by atoms with van der Waals surface area (Å²) in [4.78, 5) is 14.0. The number of amides is 1. The maximum atomic E-state index is 12.1. The quantitative estimate of drug-likeness (QED) is 0.714. The van der Waals surface area contributed by atoms with Crippen molar-refractivity contribution in [1.82, 2.24) is 4.90 Å². The molecule has 2 atom stereocenters. The molecule has 1 aliphatic rings. The number of likely N-dealkylation sites (tertiary alicyclic amines) is 1. The summed E-state index contributed by atoms with van der Waals surface area (Å²) in [6.45, 7) is 9.55. The summed E-state index contributed by atoms with van der Waals surface area (Å²) >= 11 is 0. The normalized spacial score (nSPS) is 24.8. The number of piperidine rings is 1. The Kier molecular flexibility index (Phi) is 6.68. The lowest BCUT2D eigenvalue weighted by atomic mass is 9.91. The first kappa shape index (κ1) is 15.8. The van der Waals surface area contributed by atoms with Crippen molar-refractivity contribution < 1.29 is 9.53 Å². The van der Waals surface area contributed by atoms with E-state index in [1.807, 2.05) is 37.0 Å². The van der Waals surface area contributed by atoms with Crippen LogP contribution in [0.15, 0.2) is 23.8 Å². The molecule has 0 bridgehead atoms. The highest BCUT2D eigenvalue weighted by Gasteiger charge is 2.29. The molecule has 1 rings (SSSR count). The minimum absolute atomic E-state index is 0.160. The number of carbonyl (C=O) groups is 1. The average molecular weight is 265 g/mol. The standard InChI is InChI=1S/C16H27NO2/c1-5-7-8-14(4)12-19-16(18)17-10-9-13(3)11-15(17)6-2/h5,7-8,13,15H,6,9-12H2,1-4H3/b7-5-,14-8+. The maximum Gasteiger partial charge on any atom is 0.410 e. The molecule has 108 valence electrons. The van der Waals surface area contributed by atoms with E-state index in [2.05, 4.69) is 13.8 Å². The minimum Gasteiger partial charge on any atom is -0.445 e.